The summed E-state index contributed by atoms with van der Waals surface area (Å²) < 4.78 is 1.32. The minimum absolute atomic E-state index is 0.184. The van der Waals surface area contributed by atoms with E-state index in [4.69, 9.17) is 4.98 Å². The van der Waals surface area contributed by atoms with Gasteiger partial charge < -0.3 is 4.90 Å². The van der Waals surface area contributed by atoms with Crippen LogP contribution in [0.5, 0.6) is 0 Å². The molecule has 2 heterocycles. The van der Waals surface area contributed by atoms with Gasteiger partial charge in [-0.1, -0.05) is 54.6 Å². The molecule has 1 aliphatic rings. The Morgan fingerprint density at radius 3 is 2.50 bits per heavy atom. The van der Waals surface area contributed by atoms with E-state index in [1.807, 2.05) is 60.7 Å². The third-order valence-corrected chi connectivity index (χ3v) is 5.56. The van der Waals surface area contributed by atoms with E-state index in [1.54, 1.807) is 6.07 Å². The fourth-order valence-electron chi connectivity index (χ4n) is 4.05. The molecule has 1 fully saturated rings. The van der Waals surface area contributed by atoms with Gasteiger partial charge in [0.2, 0.25) is 11.9 Å². The maximum absolute atomic E-state index is 13.2. The maximum Gasteiger partial charge on any atom is 0.281 e. The third-order valence-electron chi connectivity index (χ3n) is 5.56. The van der Waals surface area contributed by atoms with Crippen molar-refractivity contribution < 1.29 is 4.79 Å². The summed E-state index contributed by atoms with van der Waals surface area (Å²) in [6, 6.07) is 21.3. The summed E-state index contributed by atoms with van der Waals surface area (Å²) in [6.45, 7) is 1.65. The molecule has 1 aromatic heterocycles. The second-order valence-corrected chi connectivity index (χ2v) is 7.66. The number of fused-ring (bicyclic) bond motifs is 2. The Bertz CT molecular complexity index is 1310. The van der Waals surface area contributed by atoms with E-state index in [1.165, 1.54) is 4.68 Å². The Hall–Kier alpha value is -3.67. The largest absolute Gasteiger partial charge is 0.341 e. The van der Waals surface area contributed by atoms with Crippen LogP contribution in [-0.4, -0.2) is 28.7 Å². The van der Waals surface area contributed by atoms with Gasteiger partial charge in [-0.2, -0.15) is 4.68 Å². The molecule has 1 saturated heterocycles. The van der Waals surface area contributed by atoms with E-state index in [9.17, 15) is 9.59 Å². The summed E-state index contributed by atoms with van der Waals surface area (Å²) in [6.07, 6.45) is 2.28. The number of benzene rings is 3. The molecule has 0 saturated carbocycles. The first-order valence-electron chi connectivity index (χ1n) is 10.2. The highest BCUT2D eigenvalue weighted by molar-refractivity contribution is 5.89. The van der Waals surface area contributed by atoms with E-state index in [0.717, 1.165) is 42.3 Å². The Kier molecular flexibility index (Phi) is 4.67. The lowest BCUT2D eigenvalue weighted by atomic mass is 10.1. The van der Waals surface area contributed by atoms with Crippen LogP contribution < -0.4 is 15.9 Å². The van der Waals surface area contributed by atoms with Crippen LogP contribution in [0.15, 0.2) is 71.5 Å². The van der Waals surface area contributed by atoms with Gasteiger partial charge in [0.05, 0.1) is 17.3 Å². The Morgan fingerprint density at radius 2 is 1.67 bits per heavy atom. The highest BCUT2D eigenvalue weighted by atomic mass is 16.2. The summed E-state index contributed by atoms with van der Waals surface area (Å²) in [5, 5.41) is 2.71. The first kappa shape index (κ1) is 18.4. The van der Waals surface area contributed by atoms with E-state index >= 15 is 0 Å². The van der Waals surface area contributed by atoms with Crippen molar-refractivity contribution in [2.24, 2.45) is 0 Å². The molecule has 1 N–H and O–H groups in total. The van der Waals surface area contributed by atoms with Crippen LogP contribution in [0.3, 0.4) is 0 Å². The number of hydrogen-bond donors (Lipinski definition) is 1. The first-order valence-corrected chi connectivity index (χ1v) is 10.2. The summed E-state index contributed by atoms with van der Waals surface area (Å²) in [5.41, 5.74) is 4.09. The predicted octanol–water partition coefficient (Wildman–Crippen LogP) is 3.46. The molecule has 1 aliphatic heterocycles. The lowest BCUT2D eigenvalue weighted by molar-refractivity contribution is -0.116. The van der Waals surface area contributed by atoms with Gasteiger partial charge >= 0.3 is 0 Å². The van der Waals surface area contributed by atoms with Crippen LogP contribution in [0.1, 0.15) is 18.4 Å². The number of amides is 1. The summed E-state index contributed by atoms with van der Waals surface area (Å²) in [5.74, 6) is 0.257. The molecular weight excluding hydrogens is 376 g/mol. The predicted molar refractivity (Wildman–Crippen MR) is 119 cm³/mol. The van der Waals surface area contributed by atoms with Crippen molar-refractivity contribution in [3.63, 3.8) is 0 Å². The number of hydrogen-bond acceptors (Lipinski definition) is 4. The number of aromatic nitrogens is 2. The molecule has 0 aliphatic carbocycles. The normalized spacial score (nSPS) is 13.8. The quantitative estimate of drug-likeness (QED) is 0.572. The van der Waals surface area contributed by atoms with Crippen LogP contribution in [-0.2, 0) is 11.2 Å². The van der Waals surface area contributed by atoms with Crippen LogP contribution in [0.4, 0.5) is 5.95 Å². The SMILES string of the molecule is O=C(Cc1ccc2ccccc2c1)Nn1c(N2CCCC2)nc2ccccc2c1=O. The van der Waals surface area contributed by atoms with Gasteiger partial charge in [0, 0.05) is 13.1 Å². The number of para-hydroxylation sites is 1. The summed E-state index contributed by atoms with van der Waals surface area (Å²) in [4.78, 5) is 32.8. The molecule has 0 bridgehead atoms. The first-order chi connectivity index (χ1) is 14.7. The molecule has 30 heavy (non-hydrogen) atoms. The number of nitrogens with one attached hydrogen (secondary N) is 1. The average Bonchev–Trinajstić information content (AvgIpc) is 3.30. The van der Waals surface area contributed by atoms with Crippen LogP contribution in [0.2, 0.25) is 0 Å². The van der Waals surface area contributed by atoms with Crippen molar-refractivity contribution in [1.82, 2.24) is 9.66 Å². The molecule has 1 amide bonds. The highest BCUT2D eigenvalue weighted by Gasteiger charge is 2.21. The van der Waals surface area contributed by atoms with Crippen molar-refractivity contribution in [1.29, 1.82) is 0 Å². The minimum Gasteiger partial charge on any atom is -0.341 e. The van der Waals surface area contributed by atoms with Gasteiger partial charge in [-0.15, -0.1) is 0 Å². The van der Waals surface area contributed by atoms with Crippen LogP contribution >= 0.6 is 0 Å². The molecule has 6 heteroatoms. The monoisotopic (exact) mass is 398 g/mol. The molecule has 0 spiro atoms. The molecular formula is C24H22N4O2. The molecule has 4 aromatic rings. The molecule has 0 radical (unpaired) electrons. The van der Waals surface area contributed by atoms with E-state index in [2.05, 4.69) is 10.3 Å². The van der Waals surface area contributed by atoms with Gasteiger partial charge in [-0.25, -0.2) is 4.98 Å². The summed E-state index contributed by atoms with van der Waals surface area (Å²) >= 11 is 0. The zero-order valence-corrected chi connectivity index (χ0v) is 16.5. The van der Waals surface area contributed by atoms with Crippen molar-refractivity contribution in [3.05, 3.63) is 82.6 Å². The van der Waals surface area contributed by atoms with E-state index < -0.39 is 0 Å². The fraction of sp³-hybridized carbons (Fsp3) is 0.208. The fourth-order valence-corrected chi connectivity index (χ4v) is 4.05. The average molecular weight is 398 g/mol. The number of carbonyl (C=O) groups is 1. The Balaban J connectivity index is 1.48. The standard InChI is InChI=1S/C24H22N4O2/c29-22(16-17-11-12-18-7-1-2-8-19(18)15-17)26-28-23(30)20-9-3-4-10-21(20)25-24(28)27-13-5-6-14-27/h1-4,7-12,15H,5-6,13-14,16H2,(H,26,29). The lowest BCUT2D eigenvalue weighted by Gasteiger charge is -2.22. The van der Waals surface area contributed by atoms with Gasteiger partial charge in [0.25, 0.3) is 5.56 Å². The number of carbonyl (C=O) groups excluding carboxylic acids is 1. The van der Waals surface area contributed by atoms with Gasteiger partial charge in [0.1, 0.15) is 0 Å². The lowest BCUT2D eigenvalue weighted by Crippen LogP contribution is -2.39. The number of nitrogens with zero attached hydrogens (tertiary/aromatic N) is 3. The second kappa shape index (κ2) is 7.63. The van der Waals surface area contributed by atoms with E-state index in [0.29, 0.717) is 16.9 Å². The molecule has 6 nitrogen and oxygen atoms in total. The Morgan fingerprint density at radius 1 is 0.933 bits per heavy atom. The van der Waals surface area contributed by atoms with Crippen molar-refractivity contribution in [3.8, 4) is 0 Å². The molecule has 0 unspecified atom stereocenters. The molecule has 5 rings (SSSR count). The Labute approximate surface area is 173 Å². The van der Waals surface area contributed by atoms with Gasteiger partial charge in [0.15, 0.2) is 0 Å². The molecule has 3 aromatic carbocycles. The minimum atomic E-state index is -0.255. The van der Waals surface area contributed by atoms with E-state index in [-0.39, 0.29) is 17.9 Å². The smallest absolute Gasteiger partial charge is 0.281 e. The van der Waals surface area contributed by atoms with Crippen molar-refractivity contribution >= 4 is 33.5 Å². The number of rotatable bonds is 4. The molecule has 150 valence electrons. The zero-order chi connectivity index (χ0) is 20.5. The van der Waals surface area contributed by atoms with Gasteiger partial charge in [-0.3, -0.25) is 15.0 Å². The number of anilines is 1. The second-order valence-electron chi connectivity index (χ2n) is 7.66. The van der Waals surface area contributed by atoms with Crippen LogP contribution in [0, 0.1) is 0 Å². The zero-order valence-electron chi connectivity index (χ0n) is 16.5. The van der Waals surface area contributed by atoms with Crippen LogP contribution in [0.25, 0.3) is 21.7 Å². The summed E-state index contributed by atoms with van der Waals surface area (Å²) in [7, 11) is 0. The third kappa shape index (κ3) is 3.41. The highest BCUT2D eigenvalue weighted by Crippen LogP contribution is 2.19. The van der Waals surface area contributed by atoms with Crippen molar-refractivity contribution in [2.75, 3.05) is 23.4 Å². The van der Waals surface area contributed by atoms with Gasteiger partial charge in [-0.05, 0) is 41.3 Å². The molecule has 0 atom stereocenters. The maximum atomic E-state index is 13.2. The van der Waals surface area contributed by atoms with Crippen molar-refractivity contribution in [2.45, 2.75) is 19.3 Å². The topological polar surface area (TPSA) is 67.2 Å².